The number of ether oxygens (including phenoxy) is 1. The fraction of sp³-hybridized carbons (Fsp3) is 0.647. The lowest BCUT2D eigenvalue weighted by molar-refractivity contribution is 0.193. The number of hydrogen-bond acceptors (Lipinski definition) is 2. The Kier molecular flexibility index (Phi) is 4.51. The van der Waals surface area contributed by atoms with Crippen molar-refractivity contribution in [3.63, 3.8) is 0 Å². The van der Waals surface area contributed by atoms with Gasteiger partial charge in [-0.05, 0) is 55.6 Å². The summed E-state index contributed by atoms with van der Waals surface area (Å²) < 4.78 is 5.44. The molecule has 0 aromatic heterocycles. The topological polar surface area (TPSA) is 35.2 Å². The smallest absolute Gasteiger partial charge is 0.122 e. The third kappa shape index (κ3) is 3.50. The summed E-state index contributed by atoms with van der Waals surface area (Å²) in [7, 11) is 1.73. The van der Waals surface area contributed by atoms with Crippen LogP contribution in [0.2, 0.25) is 0 Å². The Labute approximate surface area is 117 Å². The molecule has 0 saturated heterocycles. The minimum atomic E-state index is -0.0416. The number of benzene rings is 1. The first kappa shape index (κ1) is 14.4. The Hall–Kier alpha value is -1.02. The van der Waals surface area contributed by atoms with Gasteiger partial charge in [0.1, 0.15) is 5.75 Å². The van der Waals surface area contributed by atoms with Gasteiger partial charge in [0.2, 0.25) is 0 Å². The molecule has 0 atom stereocenters. The summed E-state index contributed by atoms with van der Waals surface area (Å²) in [5, 5.41) is 0. The van der Waals surface area contributed by atoms with Crippen molar-refractivity contribution in [1.29, 1.82) is 0 Å². The van der Waals surface area contributed by atoms with E-state index in [4.69, 9.17) is 10.5 Å². The zero-order chi connectivity index (χ0) is 13.9. The van der Waals surface area contributed by atoms with Crippen LogP contribution in [-0.2, 0) is 6.42 Å². The first-order valence-corrected chi connectivity index (χ1v) is 7.45. The van der Waals surface area contributed by atoms with Crippen molar-refractivity contribution in [2.45, 2.75) is 51.5 Å². The van der Waals surface area contributed by atoms with E-state index in [0.717, 1.165) is 36.8 Å². The fourth-order valence-corrected chi connectivity index (χ4v) is 3.29. The second-order valence-electron chi connectivity index (χ2n) is 6.43. The maximum absolute atomic E-state index is 6.62. The highest BCUT2D eigenvalue weighted by Crippen LogP contribution is 2.37. The molecule has 2 N–H and O–H groups in total. The molecule has 1 aromatic rings. The van der Waals surface area contributed by atoms with Crippen LogP contribution in [0.1, 0.15) is 45.1 Å². The Bertz CT molecular complexity index is 405. The van der Waals surface area contributed by atoms with Crippen LogP contribution in [0.4, 0.5) is 0 Å². The van der Waals surface area contributed by atoms with Crippen molar-refractivity contribution in [1.82, 2.24) is 0 Å². The SMILES string of the molecule is COc1ccccc1CC1(N)CCC(C(C)C)CC1. The van der Waals surface area contributed by atoms with Crippen LogP contribution in [0, 0.1) is 11.8 Å². The van der Waals surface area contributed by atoms with Gasteiger partial charge in [-0.3, -0.25) is 0 Å². The monoisotopic (exact) mass is 261 g/mol. The molecule has 1 aliphatic carbocycles. The van der Waals surface area contributed by atoms with Crippen LogP contribution in [-0.4, -0.2) is 12.6 Å². The van der Waals surface area contributed by atoms with Gasteiger partial charge < -0.3 is 10.5 Å². The van der Waals surface area contributed by atoms with Gasteiger partial charge in [0, 0.05) is 5.54 Å². The molecule has 2 nitrogen and oxygen atoms in total. The van der Waals surface area contributed by atoms with E-state index in [2.05, 4.69) is 26.0 Å². The molecule has 2 rings (SSSR count). The number of nitrogens with two attached hydrogens (primary N) is 1. The zero-order valence-corrected chi connectivity index (χ0v) is 12.5. The van der Waals surface area contributed by atoms with Gasteiger partial charge in [0.05, 0.1) is 7.11 Å². The summed E-state index contributed by atoms with van der Waals surface area (Å²) in [6.07, 6.45) is 5.73. The molecule has 0 amide bonds. The Morgan fingerprint density at radius 3 is 2.47 bits per heavy atom. The van der Waals surface area contributed by atoms with E-state index in [1.54, 1.807) is 7.11 Å². The van der Waals surface area contributed by atoms with E-state index in [1.165, 1.54) is 18.4 Å². The summed E-state index contributed by atoms with van der Waals surface area (Å²) in [5.41, 5.74) is 7.83. The quantitative estimate of drug-likeness (QED) is 0.895. The van der Waals surface area contributed by atoms with Crippen molar-refractivity contribution >= 4 is 0 Å². The summed E-state index contributed by atoms with van der Waals surface area (Å²) in [4.78, 5) is 0. The molecule has 106 valence electrons. The summed E-state index contributed by atoms with van der Waals surface area (Å²) in [6.45, 7) is 4.66. The van der Waals surface area contributed by atoms with Crippen molar-refractivity contribution in [3.8, 4) is 5.75 Å². The first-order valence-electron chi connectivity index (χ1n) is 7.45. The normalized spacial score (nSPS) is 27.5. The van der Waals surface area contributed by atoms with Crippen LogP contribution < -0.4 is 10.5 Å². The number of methoxy groups -OCH3 is 1. The van der Waals surface area contributed by atoms with Gasteiger partial charge >= 0.3 is 0 Å². The number of para-hydroxylation sites is 1. The lowest BCUT2D eigenvalue weighted by Crippen LogP contribution is -2.45. The highest BCUT2D eigenvalue weighted by Gasteiger charge is 2.33. The van der Waals surface area contributed by atoms with Crippen LogP contribution in [0.5, 0.6) is 5.75 Å². The Balaban J connectivity index is 2.03. The van der Waals surface area contributed by atoms with Gasteiger partial charge in [-0.1, -0.05) is 32.0 Å². The minimum absolute atomic E-state index is 0.0416. The Morgan fingerprint density at radius 2 is 1.89 bits per heavy atom. The average molecular weight is 261 g/mol. The molecule has 0 heterocycles. The molecule has 1 aliphatic rings. The highest BCUT2D eigenvalue weighted by molar-refractivity contribution is 5.34. The van der Waals surface area contributed by atoms with Crippen molar-refractivity contribution in [2.75, 3.05) is 7.11 Å². The highest BCUT2D eigenvalue weighted by atomic mass is 16.5. The van der Waals surface area contributed by atoms with Crippen LogP contribution in [0.3, 0.4) is 0 Å². The molecule has 0 aliphatic heterocycles. The Morgan fingerprint density at radius 1 is 1.26 bits per heavy atom. The molecule has 1 saturated carbocycles. The first-order chi connectivity index (χ1) is 9.04. The zero-order valence-electron chi connectivity index (χ0n) is 12.5. The molecule has 2 heteroatoms. The second kappa shape index (κ2) is 5.96. The van der Waals surface area contributed by atoms with E-state index in [0.29, 0.717) is 0 Å². The summed E-state index contributed by atoms with van der Waals surface area (Å²) in [6, 6.07) is 8.25. The molecule has 1 fully saturated rings. The molecule has 19 heavy (non-hydrogen) atoms. The van der Waals surface area contributed by atoms with Gasteiger partial charge in [0.15, 0.2) is 0 Å². The van der Waals surface area contributed by atoms with Crippen molar-refractivity contribution in [3.05, 3.63) is 29.8 Å². The molecule has 0 radical (unpaired) electrons. The molecular weight excluding hydrogens is 234 g/mol. The van der Waals surface area contributed by atoms with Gasteiger partial charge in [-0.15, -0.1) is 0 Å². The molecule has 0 bridgehead atoms. The number of rotatable bonds is 4. The van der Waals surface area contributed by atoms with E-state index in [-0.39, 0.29) is 5.54 Å². The minimum Gasteiger partial charge on any atom is -0.496 e. The van der Waals surface area contributed by atoms with E-state index in [1.807, 2.05) is 12.1 Å². The largest absolute Gasteiger partial charge is 0.496 e. The van der Waals surface area contributed by atoms with Crippen LogP contribution >= 0.6 is 0 Å². The molecule has 0 spiro atoms. The maximum atomic E-state index is 6.62. The predicted molar refractivity (Wildman–Crippen MR) is 80.4 cm³/mol. The molecular formula is C17H27NO. The average Bonchev–Trinajstić information content (AvgIpc) is 2.39. The number of hydrogen-bond donors (Lipinski definition) is 1. The lowest BCUT2D eigenvalue weighted by atomic mass is 9.71. The van der Waals surface area contributed by atoms with E-state index >= 15 is 0 Å². The second-order valence-corrected chi connectivity index (χ2v) is 6.43. The van der Waals surface area contributed by atoms with Crippen molar-refractivity contribution in [2.24, 2.45) is 17.6 Å². The maximum Gasteiger partial charge on any atom is 0.122 e. The van der Waals surface area contributed by atoms with Gasteiger partial charge in [-0.2, -0.15) is 0 Å². The van der Waals surface area contributed by atoms with E-state index in [9.17, 15) is 0 Å². The van der Waals surface area contributed by atoms with Crippen molar-refractivity contribution < 1.29 is 4.74 Å². The van der Waals surface area contributed by atoms with Gasteiger partial charge in [-0.25, -0.2) is 0 Å². The lowest BCUT2D eigenvalue weighted by Gasteiger charge is -2.39. The summed E-state index contributed by atoms with van der Waals surface area (Å²) >= 11 is 0. The fourth-order valence-electron chi connectivity index (χ4n) is 3.29. The van der Waals surface area contributed by atoms with Gasteiger partial charge in [0.25, 0.3) is 0 Å². The predicted octanol–water partition coefficient (Wildman–Crippen LogP) is 3.78. The molecule has 1 aromatic carbocycles. The van der Waals surface area contributed by atoms with Crippen LogP contribution in [0.15, 0.2) is 24.3 Å². The third-order valence-corrected chi connectivity index (χ3v) is 4.70. The third-order valence-electron chi connectivity index (χ3n) is 4.70. The standard InChI is InChI=1S/C17H27NO/c1-13(2)14-8-10-17(18,11-9-14)12-15-6-4-5-7-16(15)19-3/h4-7,13-14H,8-12,18H2,1-3H3. The summed E-state index contributed by atoms with van der Waals surface area (Å²) in [5.74, 6) is 2.61. The molecule has 0 unspecified atom stereocenters. The van der Waals surface area contributed by atoms with E-state index < -0.39 is 0 Å². The van der Waals surface area contributed by atoms with Crippen LogP contribution in [0.25, 0.3) is 0 Å².